The molecule has 1 fully saturated rings. The second-order valence-corrected chi connectivity index (χ2v) is 7.15. The number of nitrogens with one attached hydrogen (secondary N) is 3. The lowest BCUT2D eigenvalue weighted by atomic mass is 10.3. The molecular formula is C20H18FN7O3. The summed E-state index contributed by atoms with van der Waals surface area (Å²) in [5.74, 6) is 0.167. The minimum atomic E-state index is -0.529. The number of H-pyrrole nitrogens is 2. The zero-order valence-corrected chi connectivity index (χ0v) is 16.4. The van der Waals surface area contributed by atoms with E-state index in [-0.39, 0.29) is 17.6 Å². The predicted octanol–water partition coefficient (Wildman–Crippen LogP) is 0.953. The van der Waals surface area contributed by atoms with Crippen LogP contribution < -0.4 is 26.4 Å². The van der Waals surface area contributed by atoms with Crippen molar-refractivity contribution in [3.63, 3.8) is 0 Å². The third-order valence-electron chi connectivity index (χ3n) is 4.80. The summed E-state index contributed by atoms with van der Waals surface area (Å²) in [7, 11) is 1.50. The number of methoxy groups -OCH3 is 1. The number of imidazole rings is 1. The van der Waals surface area contributed by atoms with E-state index in [1.807, 2.05) is 0 Å². The fourth-order valence-electron chi connectivity index (χ4n) is 3.18. The molecule has 0 spiro atoms. The molecule has 3 heterocycles. The quantitative estimate of drug-likeness (QED) is 0.378. The van der Waals surface area contributed by atoms with E-state index >= 15 is 0 Å². The van der Waals surface area contributed by atoms with Crippen molar-refractivity contribution in [2.24, 2.45) is 4.99 Å². The van der Waals surface area contributed by atoms with E-state index in [0.717, 1.165) is 12.8 Å². The Hall–Kier alpha value is -4.15. The highest BCUT2D eigenvalue weighted by Gasteiger charge is 2.20. The van der Waals surface area contributed by atoms with Crippen LogP contribution >= 0.6 is 0 Å². The molecule has 0 radical (unpaired) electrons. The van der Waals surface area contributed by atoms with Crippen molar-refractivity contribution in [3.8, 4) is 11.6 Å². The van der Waals surface area contributed by atoms with Gasteiger partial charge < -0.3 is 20.1 Å². The maximum absolute atomic E-state index is 13.8. The van der Waals surface area contributed by atoms with Crippen molar-refractivity contribution in [1.29, 1.82) is 0 Å². The normalized spacial score (nSPS) is 15.0. The van der Waals surface area contributed by atoms with Crippen LogP contribution in [0.15, 0.2) is 40.2 Å². The third kappa shape index (κ3) is 3.72. The van der Waals surface area contributed by atoms with Gasteiger partial charge in [0.05, 0.1) is 25.0 Å². The number of nitrogens with zero attached hydrogens (tertiary/aromatic N) is 4. The minimum absolute atomic E-state index is 0.201. The number of aromatic hydroxyl groups is 1. The van der Waals surface area contributed by atoms with Crippen LogP contribution in [0.25, 0.3) is 11.7 Å². The first-order valence-electron chi connectivity index (χ1n) is 9.56. The molecule has 11 heteroatoms. The number of fused-ring (bicyclic) bond motifs is 1. The molecule has 0 unspecified atom stereocenters. The minimum Gasteiger partial charge on any atom is -0.495 e. The van der Waals surface area contributed by atoms with Crippen LogP contribution in [0.1, 0.15) is 18.5 Å². The van der Waals surface area contributed by atoms with Gasteiger partial charge in [-0.3, -0.25) is 9.98 Å². The van der Waals surface area contributed by atoms with Crippen LogP contribution in [0, 0.1) is 5.82 Å². The van der Waals surface area contributed by atoms with Crippen molar-refractivity contribution in [2.45, 2.75) is 18.9 Å². The van der Waals surface area contributed by atoms with Crippen LogP contribution in [0.3, 0.4) is 0 Å². The molecule has 1 aromatic carbocycles. The number of anilines is 2. The highest BCUT2D eigenvalue weighted by Crippen LogP contribution is 2.27. The van der Waals surface area contributed by atoms with Gasteiger partial charge in [0.25, 0.3) is 0 Å². The maximum Gasteiger partial charge on any atom is 0.326 e. The van der Waals surface area contributed by atoms with Crippen molar-refractivity contribution in [1.82, 2.24) is 24.6 Å². The van der Waals surface area contributed by atoms with Crippen molar-refractivity contribution >= 4 is 23.2 Å². The molecule has 1 aliphatic rings. The molecule has 3 aromatic heterocycles. The van der Waals surface area contributed by atoms with Gasteiger partial charge in [0, 0.05) is 17.4 Å². The van der Waals surface area contributed by atoms with Gasteiger partial charge in [0.2, 0.25) is 5.88 Å². The highest BCUT2D eigenvalue weighted by atomic mass is 19.1. The molecule has 0 atom stereocenters. The van der Waals surface area contributed by atoms with Crippen LogP contribution in [0.5, 0.6) is 11.6 Å². The van der Waals surface area contributed by atoms with Gasteiger partial charge >= 0.3 is 5.69 Å². The van der Waals surface area contributed by atoms with E-state index in [0.29, 0.717) is 33.6 Å². The lowest BCUT2D eigenvalue weighted by Crippen LogP contribution is -2.20. The van der Waals surface area contributed by atoms with Crippen molar-refractivity contribution in [2.75, 3.05) is 12.4 Å². The SMILES string of the molecule is COc1ccc(F)cc1Nc1cc(=NC2CC2)n2nc/c(=C/c3[nH]c(=O)[nH]c3O)c2n1. The molecule has 1 saturated carbocycles. The summed E-state index contributed by atoms with van der Waals surface area (Å²) in [6, 6.07) is 6.09. The monoisotopic (exact) mass is 423 g/mol. The summed E-state index contributed by atoms with van der Waals surface area (Å²) in [6.45, 7) is 0. The van der Waals surface area contributed by atoms with Gasteiger partial charge in [-0.05, 0) is 31.1 Å². The summed E-state index contributed by atoms with van der Waals surface area (Å²) in [4.78, 5) is 25.5. The van der Waals surface area contributed by atoms with Crippen LogP contribution in [0.4, 0.5) is 15.9 Å². The Balaban J connectivity index is 1.69. The zero-order valence-electron chi connectivity index (χ0n) is 16.4. The molecule has 4 aromatic rings. The Morgan fingerprint density at radius 1 is 1.35 bits per heavy atom. The summed E-state index contributed by atoms with van der Waals surface area (Å²) in [6.07, 6.45) is 5.12. The van der Waals surface area contributed by atoms with E-state index < -0.39 is 11.5 Å². The van der Waals surface area contributed by atoms with Gasteiger partial charge in [-0.2, -0.15) is 9.61 Å². The predicted molar refractivity (Wildman–Crippen MR) is 110 cm³/mol. The molecule has 158 valence electrons. The Kier molecular flexibility index (Phi) is 4.42. The molecule has 10 nitrogen and oxygen atoms in total. The molecule has 0 saturated heterocycles. The summed E-state index contributed by atoms with van der Waals surface area (Å²) in [5.41, 5.74) is 1.11. The fourth-order valence-corrected chi connectivity index (χ4v) is 3.18. The molecular weight excluding hydrogens is 405 g/mol. The summed E-state index contributed by atoms with van der Waals surface area (Å²) >= 11 is 0. The van der Waals surface area contributed by atoms with E-state index in [2.05, 4.69) is 25.4 Å². The number of aromatic nitrogens is 5. The molecule has 31 heavy (non-hydrogen) atoms. The molecule has 0 aliphatic heterocycles. The number of hydrogen-bond acceptors (Lipinski definition) is 7. The Morgan fingerprint density at radius 3 is 2.90 bits per heavy atom. The fraction of sp³-hybridized carbons (Fsp3) is 0.200. The van der Waals surface area contributed by atoms with Gasteiger partial charge in [-0.25, -0.2) is 14.2 Å². The number of hydrogen-bond donors (Lipinski definition) is 4. The van der Waals surface area contributed by atoms with Crippen LogP contribution in [-0.2, 0) is 0 Å². The van der Waals surface area contributed by atoms with Gasteiger partial charge in [0.15, 0.2) is 11.1 Å². The molecule has 0 amide bonds. The first-order chi connectivity index (χ1) is 15.0. The maximum atomic E-state index is 13.8. The molecule has 0 bridgehead atoms. The molecule has 1 aliphatic carbocycles. The number of rotatable bonds is 5. The van der Waals surface area contributed by atoms with Crippen molar-refractivity contribution < 1.29 is 14.2 Å². The van der Waals surface area contributed by atoms with Gasteiger partial charge in [-0.1, -0.05) is 0 Å². The lowest BCUT2D eigenvalue weighted by Gasteiger charge is -2.11. The number of aromatic amines is 2. The lowest BCUT2D eigenvalue weighted by molar-refractivity contribution is 0.416. The van der Waals surface area contributed by atoms with E-state index in [9.17, 15) is 14.3 Å². The number of ether oxygens (including phenoxy) is 1. The molecule has 5 rings (SSSR count). The van der Waals surface area contributed by atoms with Gasteiger partial charge in [-0.15, -0.1) is 0 Å². The Bertz CT molecular complexity index is 1470. The van der Waals surface area contributed by atoms with Crippen molar-refractivity contribution in [3.05, 3.63) is 63.2 Å². The Labute approximate surface area is 173 Å². The summed E-state index contributed by atoms with van der Waals surface area (Å²) in [5, 5.41) is 17.9. The number of halogens is 1. The van der Waals surface area contributed by atoms with Gasteiger partial charge in [0.1, 0.15) is 23.1 Å². The standard InChI is InChI=1S/C20H18FN7O3/c1-31-15-5-2-11(21)7-13(15)24-16-8-17(23-12-3-4-12)28-18(26-16)10(9-22-28)6-14-19(29)27-20(30)25-14/h2,5-9,12,24,29H,3-4H2,1H3,(H2,25,27,30)/b10-6-,23-17?. The first-order valence-corrected chi connectivity index (χ1v) is 9.56. The van der Waals surface area contributed by atoms with Crippen LogP contribution in [-0.4, -0.2) is 42.8 Å². The Morgan fingerprint density at radius 2 is 2.19 bits per heavy atom. The molecule has 4 N–H and O–H groups in total. The smallest absolute Gasteiger partial charge is 0.326 e. The second-order valence-electron chi connectivity index (χ2n) is 7.15. The third-order valence-corrected chi connectivity index (χ3v) is 4.80. The summed E-state index contributed by atoms with van der Waals surface area (Å²) < 4.78 is 20.7. The van der Waals surface area contributed by atoms with E-state index in [4.69, 9.17) is 9.73 Å². The second kappa shape index (κ2) is 7.27. The first kappa shape index (κ1) is 18.9. The average Bonchev–Trinajstić information content (AvgIpc) is 3.37. The number of benzene rings is 1. The zero-order chi connectivity index (χ0) is 21.5. The topological polar surface area (TPSA) is 133 Å². The van der Waals surface area contributed by atoms with E-state index in [1.54, 1.807) is 22.9 Å². The highest BCUT2D eigenvalue weighted by molar-refractivity contribution is 5.66. The largest absolute Gasteiger partial charge is 0.495 e. The van der Waals surface area contributed by atoms with E-state index in [1.165, 1.54) is 25.3 Å². The average molecular weight is 423 g/mol. The van der Waals surface area contributed by atoms with Crippen LogP contribution in [0.2, 0.25) is 0 Å².